The van der Waals surface area contributed by atoms with Gasteiger partial charge in [0.05, 0.1) is 11.9 Å². The number of halogens is 2. The second-order valence-corrected chi connectivity index (χ2v) is 6.15. The molecule has 1 atom stereocenters. The van der Waals surface area contributed by atoms with Gasteiger partial charge < -0.3 is 10.4 Å². The summed E-state index contributed by atoms with van der Waals surface area (Å²) in [5.74, 6) is -2.48. The average Bonchev–Trinajstić information content (AvgIpc) is 3.04. The van der Waals surface area contributed by atoms with Crippen LogP contribution >= 0.6 is 0 Å². The van der Waals surface area contributed by atoms with Gasteiger partial charge in [-0.2, -0.15) is 5.10 Å². The molecule has 1 saturated heterocycles. The van der Waals surface area contributed by atoms with Gasteiger partial charge in [-0.1, -0.05) is 12.1 Å². The molecule has 3 aromatic rings. The van der Waals surface area contributed by atoms with Crippen molar-refractivity contribution in [2.45, 2.75) is 18.8 Å². The summed E-state index contributed by atoms with van der Waals surface area (Å²) in [7, 11) is 0. The van der Waals surface area contributed by atoms with E-state index in [0.29, 0.717) is 17.0 Å². The summed E-state index contributed by atoms with van der Waals surface area (Å²) in [6.07, 6.45) is 3.70. The molecule has 0 aliphatic carbocycles. The first-order valence-corrected chi connectivity index (χ1v) is 8.01. The Morgan fingerprint density at radius 2 is 2.00 bits per heavy atom. The van der Waals surface area contributed by atoms with E-state index in [-0.39, 0.29) is 5.52 Å². The highest BCUT2D eigenvalue weighted by molar-refractivity contribution is 5.82. The van der Waals surface area contributed by atoms with Crippen molar-refractivity contribution in [1.29, 1.82) is 0 Å². The molecule has 124 valence electrons. The molecule has 0 radical (unpaired) electrons. The summed E-state index contributed by atoms with van der Waals surface area (Å²) < 4.78 is 29.1. The molecular weight excluding hydrogens is 312 g/mol. The molecule has 2 aromatic carbocycles. The normalized spacial score (nSPS) is 18.2. The van der Waals surface area contributed by atoms with Gasteiger partial charge in [-0.3, -0.25) is 0 Å². The van der Waals surface area contributed by atoms with E-state index < -0.39 is 17.4 Å². The summed E-state index contributed by atoms with van der Waals surface area (Å²) in [6.45, 7) is 2.03. The molecular formula is C18H17F2N3O. The smallest absolute Gasteiger partial charge is 0.194 e. The zero-order valence-electron chi connectivity index (χ0n) is 13.0. The second-order valence-electron chi connectivity index (χ2n) is 6.15. The number of rotatable bonds is 2. The van der Waals surface area contributed by atoms with Gasteiger partial charge in [0.1, 0.15) is 5.52 Å². The van der Waals surface area contributed by atoms with Crippen LogP contribution in [0.15, 0.2) is 36.5 Å². The van der Waals surface area contributed by atoms with Crippen LogP contribution in [-0.4, -0.2) is 28.0 Å². The van der Waals surface area contributed by atoms with Crippen molar-refractivity contribution < 1.29 is 13.9 Å². The molecule has 1 aromatic heterocycles. The standard InChI is InChI=1S/C18H17F2N3O/c19-15-8-13-10-22-23(17(13)16(20)18(15)24)14-5-3-11(4-6-14)12-2-1-7-21-9-12/h3-6,8,10,12,21,24H,1-2,7,9H2. The van der Waals surface area contributed by atoms with Crippen molar-refractivity contribution in [2.24, 2.45) is 0 Å². The number of phenolic OH excluding ortho intramolecular Hbond substituents is 1. The van der Waals surface area contributed by atoms with Gasteiger partial charge in [0.15, 0.2) is 17.4 Å². The topological polar surface area (TPSA) is 50.1 Å². The average molecular weight is 329 g/mol. The molecule has 4 nitrogen and oxygen atoms in total. The Labute approximate surface area is 137 Å². The Morgan fingerprint density at radius 1 is 1.21 bits per heavy atom. The third-order valence-electron chi connectivity index (χ3n) is 4.63. The van der Waals surface area contributed by atoms with Crippen LogP contribution in [0, 0.1) is 11.6 Å². The molecule has 0 bridgehead atoms. The fourth-order valence-corrected chi connectivity index (χ4v) is 3.33. The molecule has 0 spiro atoms. The highest BCUT2D eigenvalue weighted by Gasteiger charge is 2.19. The van der Waals surface area contributed by atoms with E-state index in [1.807, 2.05) is 24.3 Å². The zero-order valence-corrected chi connectivity index (χ0v) is 13.0. The molecule has 0 saturated carbocycles. The van der Waals surface area contributed by atoms with E-state index in [0.717, 1.165) is 32.0 Å². The first kappa shape index (κ1) is 15.1. The summed E-state index contributed by atoms with van der Waals surface area (Å²) in [5.41, 5.74) is 1.97. The number of phenols is 1. The molecule has 1 fully saturated rings. The lowest BCUT2D eigenvalue weighted by Gasteiger charge is -2.23. The van der Waals surface area contributed by atoms with Crippen molar-refractivity contribution in [3.63, 3.8) is 0 Å². The summed E-state index contributed by atoms with van der Waals surface area (Å²) in [4.78, 5) is 0. The quantitative estimate of drug-likeness (QED) is 0.757. The summed E-state index contributed by atoms with van der Waals surface area (Å²) in [5, 5.41) is 17.3. The van der Waals surface area contributed by atoms with Crippen LogP contribution in [0.1, 0.15) is 24.3 Å². The van der Waals surface area contributed by atoms with Gasteiger partial charge in [0.2, 0.25) is 0 Å². The maximum Gasteiger partial charge on any atom is 0.194 e. The Kier molecular flexibility index (Phi) is 3.69. The van der Waals surface area contributed by atoms with E-state index >= 15 is 0 Å². The van der Waals surface area contributed by atoms with Gasteiger partial charge in [-0.05, 0) is 49.1 Å². The van der Waals surface area contributed by atoms with Crippen LogP contribution in [0.2, 0.25) is 0 Å². The Hall–Kier alpha value is -2.47. The maximum atomic E-state index is 14.2. The molecule has 1 aliphatic rings. The molecule has 24 heavy (non-hydrogen) atoms. The van der Waals surface area contributed by atoms with Crippen LogP contribution in [0.4, 0.5) is 8.78 Å². The van der Waals surface area contributed by atoms with Gasteiger partial charge in [0, 0.05) is 11.9 Å². The number of aromatic hydroxyl groups is 1. The second kappa shape index (κ2) is 5.87. The van der Waals surface area contributed by atoms with Crippen molar-refractivity contribution in [3.05, 3.63) is 53.7 Å². The van der Waals surface area contributed by atoms with Crippen LogP contribution in [-0.2, 0) is 0 Å². The van der Waals surface area contributed by atoms with E-state index in [1.54, 1.807) is 0 Å². The molecule has 4 rings (SSSR count). The Morgan fingerprint density at radius 3 is 2.71 bits per heavy atom. The lowest BCUT2D eigenvalue weighted by atomic mass is 9.92. The lowest BCUT2D eigenvalue weighted by Crippen LogP contribution is -2.28. The minimum absolute atomic E-state index is 0.0704. The van der Waals surface area contributed by atoms with Gasteiger partial charge in [-0.25, -0.2) is 13.5 Å². The largest absolute Gasteiger partial charge is 0.503 e. The summed E-state index contributed by atoms with van der Waals surface area (Å²) >= 11 is 0. The zero-order chi connectivity index (χ0) is 16.7. The predicted octanol–water partition coefficient (Wildman–Crippen LogP) is 3.48. The monoisotopic (exact) mass is 329 g/mol. The number of nitrogens with one attached hydrogen (secondary N) is 1. The molecule has 2 heterocycles. The number of hydrogen-bond donors (Lipinski definition) is 2. The van der Waals surface area contributed by atoms with Crippen LogP contribution < -0.4 is 5.32 Å². The molecule has 6 heteroatoms. The highest BCUT2D eigenvalue weighted by Crippen LogP contribution is 2.31. The van der Waals surface area contributed by atoms with E-state index in [1.165, 1.54) is 16.4 Å². The SMILES string of the molecule is Oc1c(F)cc2cnn(-c3ccc(C4CCCNC4)cc3)c2c1F. The predicted molar refractivity (Wildman–Crippen MR) is 87.5 cm³/mol. The third-order valence-corrected chi connectivity index (χ3v) is 4.63. The van der Waals surface area contributed by atoms with E-state index in [9.17, 15) is 13.9 Å². The van der Waals surface area contributed by atoms with Gasteiger partial charge in [0.25, 0.3) is 0 Å². The number of benzene rings is 2. The lowest BCUT2D eigenvalue weighted by molar-refractivity contribution is 0.399. The number of piperidine rings is 1. The number of aromatic nitrogens is 2. The highest BCUT2D eigenvalue weighted by atomic mass is 19.1. The Balaban J connectivity index is 1.74. The van der Waals surface area contributed by atoms with Crippen molar-refractivity contribution in [2.75, 3.05) is 13.1 Å². The van der Waals surface area contributed by atoms with E-state index in [2.05, 4.69) is 10.4 Å². The third kappa shape index (κ3) is 2.43. The fraction of sp³-hybridized carbons (Fsp3) is 0.278. The van der Waals surface area contributed by atoms with Crippen molar-refractivity contribution in [1.82, 2.24) is 15.1 Å². The minimum Gasteiger partial charge on any atom is -0.503 e. The number of nitrogens with zero attached hydrogens (tertiary/aromatic N) is 2. The summed E-state index contributed by atoms with van der Waals surface area (Å²) in [6, 6.07) is 8.86. The fourth-order valence-electron chi connectivity index (χ4n) is 3.33. The first-order chi connectivity index (χ1) is 11.6. The first-order valence-electron chi connectivity index (χ1n) is 8.01. The number of hydrogen-bond acceptors (Lipinski definition) is 3. The van der Waals surface area contributed by atoms with Crippen LogP contribution in [0.3, 0.4) is 0 Å². The molecule has 0 amide bonds. The molecule has 1 unspecified atom stereocenters. The van der Waals surface area contributed by atoms with Crippen molar-refractivity contribution in [3.8, 4) is 11.4 Å². The number of fused-ring (bicyclic) bond motifs is 1. The maximum absolute atomic E-state index is 14.2. The van der Waals surface area contributed by atoms with E-state index in [4.69, 9.17) is 0 Å². The van der Waals surface area contributed by atoms with Crippen LogP contribution in [0.25, 0.3) is 16.6 Å². The molecule has 1 aliphatic heterocycles. The van der Waals surface area contributed by atoms with Crippen molar-refractivity contribution >= 4 is 10.9 Å². The van der Waals surface area contributed by atoms with Crippen LogP contribution in [0.5, 0.6) is 5.75 Å². The minimum atomic E-state index is -0.997. The van der Waals surface area contributed by atoms with Gasteiger partial charge >= 0.3 is 0 Å². The Bertz CT molecular complexity index is 883. The molecule has 2 N–H and O–H groups in total. The van der Waals surface area contributed by atoms with Gasteiger partial charge in [-0.15, -0.1) is 0 Å².